The molecule has 180 valence electrons. The first kappa shape index (κ1) is 26.9. The highest BCUT2D eigenvalue weighted by molar-refractivity contribution is 9.10. The van der Waals surface area contributed by atoms with Crippen LogP contribution >= 0.6 is 15.9 Å². The molecule has 1 N–H and O–H groups in total. The predicted molar refractivity (Wildman–Crippen MR) is 135 cm³/mol. The van der Waals surface area contributed by atoms with Crippen LogP contribution in [0.5, 0.6) is 0 Å². The van der Waals surface area contributed by atoms with Gasteiger partial charge in [0, 0.05) is 17.1 Å². The number of nitrogens with zero attached hydrogens (tertiary/aromatic N) is 2. The molecule has 0 radical (unpaired) electrons. The summed E-state index contributed by atoms with van der Waals surface area (Å²) in [5, 5.41) is 2.91. The molecule has 2 unspecified atom stereocenters. The molecule has 0 fully saturated rings. The van der Waals surface area contributed by atoms with E-state index in [0.717, 1.165) is 28.1 Å². The Hall–Kier alpha value is -2.39. The molecule has 0 saturated carbocycles. The molecule has 0 aliphatic rings. The van der Waals surface area contributed by atoms with E-state index in [0.29, 0.717) is 10.2 Å². The standard InChI is InChI=1S/C24H32BrN3O4S/c1-6-18(3)26-24(30)19(4)27(15-20-11-9-10-17(2)14-20)23(29)16-28(33(5,31)32)22-13-8-7-12-21(22)25/h7-14,18-19H,6,15-16H2,1-5H3,(H,26,30). The molecule has 0 heterocycles. The van der Waals surface area contributed by atoms with Gasteiger partial charge < -0.3 is 10.2 Å². The lowest BCUT2D eigenvalue weighted by Crippen LogP contribution is -2.52. The summed E-state index contributed by atoms with van der Waals surface area (Å²) in [7, 11) is -3.76. The first-order chi connectivity index (χ1) is 15.4. The van der Waals surface area contributed by atoms with Crippen molar-refractivity contribution in [2.75, 3.05) is 17.1 Å². The summed E-state index contributed by atoms with van der Waals surface area (Å²) in [4.78, 5) is 27.8. The van der Waals surface area contributed by atoms with Crippen LogP contribution in [0.3, 0.4) is 0 Å². The molecule has 2 amide bonds. The molecule has 0 saturated heterocycles. The van der Waals surface area contributed by atoms with Crippen LogP contribution < -0.4 is 9.62 Å². The highest BCUT2D eigenvalue weighted by Gasteiger charge is 2.31. The number of sulfonamides is 1. The average Bonchev–Trinajstić information content (AvgIpc) is 2.75. The Morgan fingerprint density at radius 1 is 1.09 bits per heavy atom. The molecule has 33 heavy (non-hydrogen) atoms. The van der Waals surface area contributed by atoms with Gasteiger partial charge in [0.15, 0.2) is 0 Å². The van der Waals surface area contributed by atoms with Crippen LogP contribution in [-0.2, 0) is 26.2 Å². The highest BCUT2D eigenvalue weighted by atomic mass is 79.9. The number of anilines is 1. The van der Waals surface area contributed by atoms with Crippen LogP contribution in [0.1, 0.15) is 38.3 Å². The minimum Gasteiger partial charge on any atom is -0.352 e. The lowest BCUT2D eigenvalue weighted by atomic mass is 10.1. The Bertz CT molecular complexity index is 1090. The van der Waals surface area contributed by atoms with Gasteiger partial charge in [-0.2, -0.15) is 0 Å². The molecule has 7 nitrogen and oxygen atoms in total. The summed E-state index contributed by atoms with van der Waals surface area (Å²) in [5.74, 6) is -0.748. The third-order valence-electron chi connectivity index (χ3n) is 5.40. The lowest BCUT2D eigenvalue weighted by Gasteiger charge is -2.32. The SMILES string of the molecule is CCC(C)NC(=O)C(C)N(Cc1cccc(C)c1)C(=O)CN(c1ccccc1Br)S(C)(=O)=O. The minimum absolute atomic E-state index is 0.0383. The zero-order valence-electron chi connectivity index (χ0n) is 19.7. The van der Waals surface area contributed by atoms with E-state index in [-0.39, 0.29) is 18.5 Å². The van der Waals surface area contributed by atoms with Gasteiger partial charge in [-0.15, -0.1) is 0 Å². The molecule has 0 bridgehead atoms. The van der Waals surface area contributed by atoms with Gasteiger partial charge in [-0.3, -0.25) is 13.9 Å². The van der Waals surface area contributed by atoms with Crippen molar-refractivity contribution in [3.8, 4) is 0 Å². The molecule has 2 rings (SSSR count). The molecule has 0 spiro atoms. The summed E-state index contributed by atoms with van der Waals surface area (Å²) in [6.07, 6.45) is 1.82. The molecule has 2 aromatic rings. The molecule has 9 heteroatoms. The van der Waals surface area contributed by atoms with E-state index < -0.39 is 28.5 Å². The van der Waals surface area contributed by atoms with Gasteiger partial charge in [0.1, 0.15) is 12.6 Å². The van der Waals surface area contributed by atoms with Crippen LogP contribution in [0.2, 0.25) is 0 Å². The number of aryl methyl sites for hydroxylation is 1. The normalized spacial score (nSPS) is 13.2. The van der Waals surface area contributed by atoms with Gasteiger partial charge in [-0.1, -0.05) is 48.9 Å². The highest BCUT2D eigenvalue weighted by Crippen LogP contribution is 2.28. The fraction of sp³-hybridized carbons (Fsp3) is 0.417. The quantitative estimate of drug-likeness (QED) is 0.498. The fourth-order valence-corrected chi connectivity index (χ4v) is 4.78. The number of benzene rings is 2. The maximum absolute atomic E-state index is 13.5. The number of carbonyl (C=O) groups excluding carboxylic acids is 2. The van der Waals surface area contributed by atoms with E-state index in [1.54, 1.807) is 31.2 Å². The van der Waals surface area contributed by atoms with Crippen molar-refractivity contribution in [1.29, 1.82) is 0 Å². The molecule has 0 aliphatic heterocycles. The fourth-order valence-electron chi connectivity index (χ4n) is 3.30. The number of para-hydroxylation sites is 1. The van der Waals surface area contributed by atoms with Crippen LogP contribution in [0.15, 0.2) is 53.0 Å². The molecule has 2 atom stereocenters. The van der Waals surface area contributed by atoms with Crippen molar-refractivity contribution < 1.29 is 18.0 Å². The van der Waals surface area contributed by atoms with Crippen LogP contribution in [-0.4, -0.2) is 50.0 Å². The zero-order chi connectivity index (χ0) is 24.8. The Kier molecular flexibility index (Phi) is 9.48. The third kappa shape index (κ3) is 7.57. The van der Waals surface area contributed by atoms with Crippen molar-refractivity contribution in [2.24, 2.45) is 0 Å². The average molecular weight is 539 g/mol. The lowest BCUT2D eigenvalue weighted by molar-refractivity contribution is -0.139. The maximum atomic E-state index is 13.5. The van der Waals surface area contributed by atoms with Gasteiger partial charge in [-0.25, -0.2) is 8.42 Å². The minimum atomic E-state index is -3.76. The third-order valence-corrected chi connectivity index (χ3v) is 7.20. The molecular weight excluding hydrogens is 506 g/mol. The number of halogens is 1. The molecule has 2 aromatic carbocycles. The van der Waals surface area contributed by atoms with E-state index in [1.807, 2.05) is 45.0 Å². The molecule has 0 aliphatic carbocycles. The Labute approximate surface area is 205 Å². The van der Waals surface area contributed by atoms with Gasteiger partial charge >= 0.3 is 0 Å². The summed E-state index contributed by atoms with van der Waals surface area (Å²) in [5.41, 5.74) is 2.25. The van der Waals surface area contributed by atoms with Crippen LogP contribution in [0.4, 0.5) is 5.69 Å². The van der Waals surface area contributed by atoms with Crippen molar-refractivity contribution >= 4 is 43.5 Å². The smallest absolute Gasteiger partial charge is 0.244 e. The van der Waals surface area contributed by atoms with Crippen molar-refractivity contribution in [1.82, 2.24) is 10.2 Å². The van der Waals surface area contributed by atoms with Gasteiger partial charge in [0.25, 0.3) is 0 Å². The Balaban J connectivity index is 2.40. The van der Waals surface area contributed by atoms with E-state index in [4.69, 9.17) is 0 Å². The summed E-state index contributed by atoms with van der Waals surface area (Å²) >= 11 is 3.37. The number of rotatable bonds is 10. The number of nitrogens with one attached hydrogen (secondary N) is 1. The monoisotopic (exact) mass is 537 g/mol. The predicted octanol–water partition coefficient (Wildman–Crippen LogP) is 3.86. The zero-order valence-corrected chi connectivity index (χ0v) is 22.1. The van der Waals surface area contributed by atoms with E-state index >= 15 is 0 Å². The van der Waals surface area contributed by atoms with Crippen molar-refractivity contribution in [2.45, 2.75) is 52.7 Å². The first-order valence-electron chi connectivity index (χ1n) is 10.8. The Morgan fingerprint density at radius 2 is 1.76 bits per heavy atom. The second-order valence-electron chi connectivity index (χ2n) is 8.23. The maximum Gasteiger partial charge on any atom is 0.244 e. The largest absolute Gasteiger partial charge is 0.352 e. The van der Waals surface area contributed by atoms with Gasteiger partial charge in [0.2, 0.25) is 21.8 Å². The van der Waals surface area contributed by atoms with Crippen LogP contribution in [0, 0.1) is 6.92 Å². The van der Waals surface area contributed by atoms with Crippen molar-refractivity contribution in [3.63, 3.8) is 0 Å². The number of carbonyl (C=O) groups is 2. The second kappa shape index (κ2) is 11.7. The summed E-state index contributed by atoms with van der Waals surface area (Å²) < 4.78 is 26.8. The molecular formula is C24H32BrN3O4S. The number of amides is 2. The van der Waals surface area contributed by atoms with Crippen molar-refractivity contribution in [3.05, 3.63) is 64.1 Å². The first-order valence-corrected chi connectivity index (χ1v) is 13.5. The summed E-state index contributed by atoms with van der Waals surface area (Å²) in [6, 6.07) is 13.7. The number of hydrogen-bond donors (Lipinski definition) is 1. The second-order valence-corrected chi connectivity index (χ2v) is 11.0. The number of hydrogen-bond acceptors (Lipinski definition) is 4. The van der Waals surface area contributed by atoms with Gasteiger partial charge in [0.05, 0.1) is 11.9 Å². The summed E-state index contributed by atoms with van der Waals surface area (Å²) in [6.45, 7) is 7.24. The topological polar surface area (TPSA) is 86.8 Å². The van der Waals surface area contributed by atoms with E-state index in [2.05, 4.69) is 21.2 Å². The van der Waals surface area contributed by atoms with E-state index in [9.17, 15) is 18.0 Å². The van der Waals surface area contributed by atoms with E-state index in [1.165, 1.54) is 4.90 Å². The van der Waals surface area contributed by atoms with Gasteiger partial charge in [-0.05, 0) is 60.8 Å². The van der Waals surface area contributed by atoms with Crippen LogP contribution in [0.25, 0.3) is 0 Å². The Morgan fingerprint density at radius 3 is 2.33 bits per heavy atom. The molecule has 0 aromatic heterocycles.